The third-order valence-electron chi connectivity index (χ3n) is 2.86. The maximum absolute atomic E-state index is 5.81. The summed E-state index contributed by atoms with van der Waals surface area (Å²) in [6.45, 7) is 3.78. The number of hydrogen-bond donors (Lipinski definition) is 0. The molecule has 92 valence electrons. The summed E-state index contributed by atoms with van der Waals surface area (Å²) in [5.74, 6) is 0.470. The van der Waals surface area contributed by atoms with Gasteiger partial charge in [0.2, 0.25) is 5.88 Å². The van der Waals surface area contributed by atoms with Crippen LogP contribution in [0.2, 0.25) is 0 Å². The van der Waals surface area contributed by atoms with E-state index in [-0.39, 0.29) is 0 Å². The van der Waals surface area contributed by atoms with Gasteiger partial charge in [0.1, 0.15) is 11.3 Å². The molecule has 0 saturated carbocycles. The molecule has 1 aromatic carbocycles. The lowest BCUT2D eigenvalue weighted by Crippen LogP contribution is -2.34. The van der Waals surface area contributed by atoms with Crippen molar-refractivity contribution in [1.82, 2.24) is 9.97 Å². The second-order valence-electron chi connectivity index (χ2n) is 4.64. The Morgan fingerprint density at radius 3 is 2.33 bits per heavy atom. The molecule has 0 atom stereocenters. The number of para-hydroxylation sites is 2. The summed E-state index contributed by atoms with van der Waals surface area (Å²) in [6.07, 6.45) is 0. The van der Waals surface area contributed by atoms with Crippen LogP contribution in [0.4, 0.5) is 0 Å². The summed E-state index contributed by atoms with van der Waals surface area (Å²) in [5.41, 5.74) is 1.57. The molecule has 2 heterocycles. The van der Waals surface area contributed by atoms with Crippen LogP contribution in [0.15, 0.2) is 29.2 Å². The van der Waals surface area contributed by atoms with Gasteiger partial charge in [0, 0.05) is 0 Å². The summed E-state index contributed by atoms with van der Waals surface area (Å²) < 4.78 is 5.81. The lowest BCUT2D eigenvalue weighted by molar-refractivity contribution is 0.147. The van der Waals surface area contributed by atoms with Gasteiger partial charge in [-0.3, -0.25) is 0 Å². The molecule has 0 N–H and O–H groups in total. The van der Waals surface area contributed by atoms with E-state index >= 15 is 0 Å². The number of fused-ring (bicyclic) bond motifs is 2. The van der Waals surface area contributed by atoms with Crippen LogP contribution < -0.4 is 4.74 Å². The Morgan fingerprint density at radius 1 is 1.06 bits per heavy atom. The highest BCUT2D eigenvalue weighted by atomic mass is 32.1. The van der Waals surface area contributed by atoms with Gasteiger partial charge >= 0.3 is 0 Å². The molecule has 2 aromatic rings. The van der Waals surface area contributed by atoms with Crippen molar-refractivity contribution in [3.05, 3.63) is 34.9 Å². The predicted molar refractivity (Wildman–Crippen MR) is 75.9 cm³/mol. The number of hydrogen-bond acceptors (Lipinski definition) is 5. The molecule has 3 rings (SSSR count). The summed E-state index contributed by atoms with van der Waals surface area (Å²) in [7, 11) is 0. The third-order valence-corrected chi connectivity index (χ3v) is 4.08. The first-order chi connectivity index (χ1) is 8.49. The Kier molecular flexibility index (Phi) is 2.43. The Balaban J connectivity index is 2.32. The highest BCUT2D eigenvalue weighted by Gasteiger charge is 2.26. The van der Waals surface area contributed by atoms with Gasteiger partial charge in [-0.05, 0) is 26.0 Å². The molecule has 3 nitrogen and oxygen atoms in total. The SMILES string of the molecule is CC1(C)Oc2nc3ccccc3nc2C([S-])=C1[S-]. The van der Waals surface area contributed by atoms with E-state index in [2.05, 4.69) is 9.97 Å². The zero-order valence-electron chi connectivity index (χ0n) is 9.93. The first kappa shape index (κ1) is 11.6. The molecule has 5 heteroatoms. The first-order valence-electron chi connectivity index (χ1n) is 5.54. The molecule has 0 aliphatic carbocycles. The minimum atomic E-state index is -0.601. The van der Waals surface area contributed by atoms with E-state index in [1.807, 2.05) is 38.1 Å². The molecule has 0 amide bonds. The average molecular weight is 274 g/mol. The lowest BCUT2D eigenvalue weighted by atomic mass is 10.1. The largest absolute Gasteiger partial charge is 0.781 e. The van der Waals surface area contributed by atoms with Crippen LogP contribution in [0.25, 0.3) is 15.9 Å². The van der Waals surface area contributed by atoms with Crippen molar-refractivity contribution >= 4 is 41.2 Å². The van der Waals surface area contributed by atoms with Crippen LogP contribution in [-0.4, -0.2) is 15.6 Å². The fourth-order valence-corrected chi connectivity index (χ4v) is 2.39. The highest BCUT2D eigenvalue weighted by Crippen LogP contribution is 2.38. The van der Waals surface area contributed by atoms with E-state index in [0.717, 1.165) is 11.0 Å². The normalized spacial score (nSPS) is 17.4. The smallest absolute Gasteiger partial charge is 0.239 e. The molecule has 0 radical (unpaired) electrons. The maximum Gasteiger partial charge on any atom is 0.239 e. The number of nitrogens with zero attached hydrogens (tertiary/aromatic N) is 2. The lowest BCUT2D eigenvalue weighted by Gasteiger charge is -2.43. The molecule has 0 fully saturated rings. The quantitative estimate of drug-likeness (QED) is 0.690. The summed E-state index contributed by atoms with van der Waals surface area (Å²) in [4.78, 5) is 10.1. The molecule has 0 bridgehead atoms. The average Bonchev–Trinajstić information content (AvgIpc) is 2.34. The monoisotopic (exact) mass is 274 g/mol. The summed E-state index contributed by atoms with van der Waals surface area (Å²) >= 11 is 10.7. The van der Waals surface area contributed by atoms with Gasteiger partial charge in [-0.2, -0.15) is 9.81 Å². The Morgan fingerprint density at radius 2 is 1.67 bits per heavy atom. The van der Waals surface area contributed by atoms with Gasteiger partial charge in [0.05, 0.1) is 11.0 Å². The fourth-order valence-electron chi connectivity index (χ4n) is 1.87. The van der Waals surface area contributed by atoms with Crippen LogP contribution in [-0.2, 0) is 25.3 Å². The van der Waals surface area contributed by atoms with Crippen molar-refractivity contribution in [2.45, 2.75) is 19.4 Å². The fraction of sp³-hybridized carbons (Fsp3) is 0.231. The molecule has 0 saturated heterocycles. The van der Waals surface area contributed by atoms with Gasteiger partial charge in [-0.15, -0.1) is 0 Å². The van der Waals surface area contributed by atoms with Crippen LogP contribution in [0.1, 0.15) is 19.5 Å². The van der Waals surface area contributed by atoms with Gasteiger partial charge in [-0.25, -0.2) is 9.97 Å². The number of ether oxygens (including phenoxy) is 1. The second-order valence-corrected chi connectivity index (χ2v) is 5.45. The standard InChI is InChI=1S/C13H12N2OS2/c1-13(2)11(18)10(17)9-12(16-13)15-8-6-4-3-5-7(8)14-9/h3-6,17-18H,1-2H3/p-2. The number of rotatable bonds is 0. The molecule has 1 aromatic heterocycles. The van der Waals surface area contributed by atoms with E-state index in [9.17, 15) is 0 Å². The van der Waals surface area contributed by atoms with Crippen molar-refractivity contribution < 1.29 is 4.74 Å². The minimum Gasteiger partial charge on any atom is -0.781 e. The Bertz CT molecular complexity index is 680. The molecular formula is C13H10N2OS2-2. The second kappa shape index (κ2) is 3.76. The topological polar surface area (TPSA) is 35.0 Å². The molecular weight excluding hydrogens is 264 g/mol. The van der Waals surface area contributed by atoms with E-state index < -0.39 is 5.60 Å². The van der Waals surface area contributed by atoms with Crippen molar-refractivity contribution in [3.8, 4) is 5.88 Å². The summed E-state index contributed by atoms with van der Waals surface area (Å²) in [5, 5.41) is 0. The molecule has 18 heavy (non-hydrogen) atoms. The maximum atomic E-state index is 5.81. The van der Waals surface area contributed by atoms with Gasteiger partial charge in [0.25, 0.3) is 0 Å². The van der Waals surface area contributed by atoms with Gasteiger partial charge in [0.15, 0.2) is 0 Å². The molecule has 0 spiro atoms. The third kappa shape index (κ3) is 1.62. The number of benzene rings is 1. The van der Waals surface area contributed by atoms with Crippen LogP contribution in [0.3, 0.4) is 0 Å². The van der Waals surface area contributed by atoms with Crippen molar-refractivity contribution in [1.29, 1.82) is 0 Å². The van der Waals surface area contributed by atoms with E-state index in [4.69, 9.17) is 30.0 Å². The van der Waals surface area contributed by atoms with E-state index in [1.165, 1.54) is 0 Å². The molecule has 1 aliphatic rings. The summed E-state index contributed by atoms with van der Waals surface area (Å²) in [6, 6.07) is 7.63. The highest BCUT2D eigenvalue weighted by molar-refractivity contribution is 7.73. The Hall–Kier alpha value is -1.46. The first-order valence-corrected chi connectivity index (χ1v) is 6.35. The van der Waals surface area contributed by atoms with Crippen molar-refractivity contribution in [2.24, 2.45) is 0 Å². The zero-order chi connectivity index (χ0) is 12.9. The van der Waals surface area contributed by atoms with E-state index in [1.54, 1.807) is 0 Å². The van der Waals surface area contributed by atoms with Crippen LogP contribution in [0.5, 0.6) is 5.88 Å². The Labute approximate surface area is 116 Å². The van der Waals surface area contributed by atoms with Crippen molar-refractivity contribution in [3.63, 3.8) is 0 Å². The van der Waals surface area contributed by atoms with Gasteiger partial charge in [-0.1, -0.05) is 12.1 Å². The minimum absolute atomic E-state index is 0.470. The number of aromatic nitrogens is 2. The van der Waals surface area contributed by atoms with Crippen LogP contribution in [0, 0.1) is 0 Å². The predicted octanol–water partition coefficient (Wildman–Crippen LogP) is 2.56. The van der Waals surface area contributed by atoms with Crippen LogP contribution >= 0.6 is 0 Å². The van der Waals surface area contributed by atoms with E-state index in [0.29, 0.717) is 21.4 Å². The zero-order valence-corrected chi connectivity index (χ0v) is 11.6. The molecule has 0 unspecified atom stereocenters. The molecule has 1 aliphatic heterocycles. The van der Waals surface area contributed by atoms with Gasteiger partial charge < -0.3 is 30.0 Å². The van der Waals surface area contributed by atoms with Crippen molar-refractivity contribution in [2.75, 3.05) is 0 Å².